The Morgan fingerprint density at radius 3 is 2.76 bits per heavy atom. The minimum atomic E-state index is 0.0607. The number of Topliss-reactive ketones (excluding diaryl/α,β-unsaturated/α-hetero) is 1. The molecule has 2 rings (SSSR count). The second kappa shape index (κ2) is 4.92. The predicted octanol–water partition coefficient (Wildman–Crippen LogP) is 3.63. The van der Waals surface area contributed by atoms with Crippen molar-refractivity contribution in [3.8, 4) is 0 Å². The molecule has 0 saturated heterocycles. The molecule has 0 unspecified atom stereocenters. The number of hydrogen-bond acceptors (Lipinski definition) is 3. The number of rotatable bonds is 3. The largest absolute Gasteiger partial charge is 0.293 e. The van der Waals surface area contributed by atoms with Gasteiger partial charge in [0.2, 0.25) is 0 Å². The number of aromatic nitrogens is 2. The number of thiophene rings is 1. The highest BCUT2D eigenvalue weighted by molar-refractivity contribution is 9.10. The molecule has 2 aromatic heterocycles. The van der Waals surface area contributed by atoms with Crippen LogP contribution in [0, 0.1) is 6.92 Å². The summed E-state index contributed by atoms with van der Waals surface area (Å²) in [7, 11) is 1.84. The van der Waals surface area contributed by atoms with Crippen molar-refractivity contribution in [1.29, 1.82) is 0 Å². The quantitative estimate of drug-likeness (QED) is 0.804. The van der Waals surface area contributed by atoms with Crippen LogP contribution in [0.5, 0.6) is 0 Å². The van der Waals surface area contributed by atoms with Gasteiger partial charge in [-0.2, -0.15) is 5.10 Å². The van der Waals surface area contributed by atoms with Crippen LogP contribution in [0.25, 0.3) is 0 Å². The van der Waals surface area contributed by atoms with E-state index in [0.29, 0.717) is 15.6 Å². The fourth-order valence-corrected chi connectivity index (χ4v) is 3.03. The molecule has 3 nitrogen and oxygen atoms in total. The average Bonchev–Trinajstić information content (AvgIpc) is 2.79. The first-order chi connectivity index (χ1) is 7.99. The minimum Gasteiger partial charge on any atom is -0.293 e. The number of hydrogen-bond donors (Lipinski definition) is 0. The Bertz CT molecular complexity index is 576. The summed E-state index contributed by atoms with van der Waals surface area (Å²) in [5.74, 6) is 0.0607. The second-order valence-corrected chi connectivity index (χ2v) is 6.18. The Kier molecular flexibility index (Phi) is 3.70. The van der Waals surface area contributed by atoms with Gasteiger partial charge in [-0.1, -0.05) is 11.6 Å². The van der Waals surface area contributed by atoms with E-state index < -0.39 is 0 Å². The monoisotopic (exact) mass is 332 g/mol. The van der Waals surface area contributed by atoms with Gasteiger partial charge in [0, 0.05) is 7.05 Å². The maximum absolute atomic E-state index is 12.0. The summed E-state index contributed by atoms with van der Waals surface area (Å²) in [6, 6.07) is 3.50. The molecule has 0 spiro atoms. The molecule has 2 heterocycles. The molecule has 0 aliphatic heterocycles. The van der Waals surface area contributed by atoms with E-state index >= 15 is 0 Å². The van der Waals surface area contributed by atoms with Gasteiger partial charge in [-0.05, 0) is 35.0 Å². The van der Waals surface area contributed by atoms with Gasteiger partial charge in [-0.25, -0.2) is 0 Å². The first-order valence-electron chi connectivity index (χ1n) is 4.95. The standard InChI is InChI=1S/C11H10BrClN2OS/c1-6-11(12)7(15(2)14-6)5-8(16)9-3-4-10(13)17-9/h3-4H,5H2,1-2H3. The smallest absolute Gasteiger partial charge is 0.178 e. The summed E-state index contributed by atoms with van der Waals surface area (Å²) in [5.41, 5.74) is 1.77. The van der Waals surface area contributed by atoms with Crippen LogP contribution in [0.4, 0.5) is 0 Å². The van der Waals surface area contributed by atoms with Crippen LogP contribution in [-0.2, 0) is 13.5 Å². The van der Waals surface area contributed by atoms with E-state index in [4.69, 9.17) is 11.6 Å². The third-order valence-electron chi connectivity index (χ3n) is 2.44. The van der Waals surface area contributed by atoms with Gasteiger partial charge in [-0.15, -0.1) is 11.3 Å². The maximum Gasteiger partial charge on any atom is 0.178 e. The topological polar surface area (TPSA) is 34.9 Å². The highest BCUT2D eigenvalue weighted by Crippen LogP contribution is 2.25. The highest BCUT2D eigenvalue weighted by atomic mass is 79.9. The van der Waals surface area contributed by atoms with Crippen LogP contribution in [0.15, 0.2) is 16.6 Å². The zero-order valence-corrected chi connectivity index (χ0v) is 12.5. The third kappa shape index (κ3) is 2.61. The summed E-state index contributed by atoms with van der Waals surface area (Å²) in [4.78, 5) is 12.7. The number of aryl methyl sites for hydroxylation is 2. The van der Waals surface area contributed by atoms with E-state index in [1.807, 2.05) is 14.0 Å². The van der Waals surface area contributed by atoms with Crippen LogP contribution in [0.3, 0.4) is 0 Å². The number of ketones is 1. The van der Waals surface area contributed by atoms with E-state index in [0.717, 1.165) is 15.9 Å². The van der Waals surface area contributed by atoms with Crippen LogP contribution in [0.1, 0.15) is 21.1 Å². The first kappa shape index (κ1) is 12.8. The normalized spacial score (nSPS) is 10.8. The summed E-state index contributed by atoms with van der Waals surface area (Å²) in [6.45, 7) is 1.90. The minimum absolute atomic E-state index is 0.0607. The zero-order valence-electron chi connectivity index (χ0n) is 9.33. The Morgan fingerprint density at radius 2 is 2.29 bits per heavy atom. The lowest BCUT2D eigenvalue weighted by Gasteiger charge is -2.00. The molecule has 0 atom stereocenters. The molecule has 2 aromatic rings. The Morgan fingerprint density at radius 1 is 1.59 bits per heavy atom. The molecular formula is C11H10BrClN2OS. The van der Waals surface area contributed by atoms with Crippen molar-refractivity contribution >= 4 is 44.7 Å². The Balaban J connectivity index is 2.24. The molecule has 0 aromatic carbocycles. The van der Waals surface area contributed by atoms with Gasteiger partial charge in [0.05, 0.1) is 31.5 Å². The lowest BCUT2D eigenvalue weighted by atomic mass is 10.2. The highest BCUT2D eigenvalue weighted by Gasteiger charge is 2.16. The van der Waals surface area contributed by atoms with Crippen LogP contribution in [-0.4, -0.2) is 15.6 Å². The molecule has 0 aliphatic rings. The average molecular weight is 334 g/mol. The molecule has 0 aliphatic carbocycles. The lowest BCUT2D eigenvalue weighted by molar-refractivity contribution is 0.0994. The molecule has 90 valence electrons. The van der Waals surface area contributed by atoms with Gasteiger partial charge in [0.25, 0.3) is 0 Å². The van der Waals surface area contributed by atoms with Crippen LogP contribution in [0.2, 0.25) is 4.34 Å². The second-order valence-electron chi connectivity index (χ2n) is 3.67. The van der Waals surface area contributed by atoms with E-state index in [1.165, 1.54) is 11.3 Å². The lowest BCUT2D eigenvalue weighted by Crippen LogP contribution is -2.07. The molecule has 0 saturated carbocycles. The van der Waals surface area contributed by atoms with Crippen molar-refractivity contribution in [3.05, 3.63) is 37.2 Å². The van der Waals surface area contributed by atoms with E-state index in [9.17, 15) is 4.79 Å². The number of carbonyl (C=O) groups excluding carboxylic acids is 1. The third-order valence-corrected chi connectivity index (χ3v) is 4.74. The fraction of sp³-hybridized carbons (Fsp3) is 0.273. The Labute approximate surface area is 117 Å². The maximum atomic E-state index is 12.0. The molecule has 17 heavy (non-hydrogen) atoms. The van der Waals surface area contributed by atoms with Crippen molar-refractivity contribution in [2.45, 2.75) is 13.3 Å². The number of nitrogens with zero attached hydrogens (tertiary/aromatic N) is 2. The molecule has 0 fully saturated rings. The van der Waals surface area contributed by atoms with Gasteiger partial charge in [0.1, 0.15) is 0 Å². The molecule has 0 N–H and O–H groups in total. The molecule has 0 bridgehead atoms. The fourth-order valence-electron chi connectivity index (χ4n) is 1.58. The van der Waals surface area contributed by atoms with Crippen LogP contribution >= 0.6 is 38.9 Å². The van der Waals surface area contributed by atoms with Gasteiger partial charge < -0.3 is 0 Å². The van der Waals surface area contributed by atoms with Crippen molar-refractivity contribution in [2.75, 3.05) is 0 Å². The SMILES string of the molecule is Cc1nn(C)c(CC(=O)c2ccc(Cl)s2)c1Br. The predicted molar refractivity (Wildman–Crippen MR) is 73.0 cm³/mol. The van der Waals surface area contributed by atoms with Gasteiger partial charge in [0.15, 0.2) is 5.78 Å². The van der Waals surface area contributed by atoms with Gasteiger partial charge >= 0.3 is 0 Å². The summed E-state index contributed by atoms with van der Waals surface area (Å²) >= 11 is 10.6. The van der Waals surface area contributed by atoms with Crippen molar-refractivity contribution in [3.63, 3.8) is 0 Å². The van der Waals surface area contributed by atoms with E-state index in [1.54, 1.807) is 16.8 Å². The van der Waals surface area contributed by atoms with E-state index in [2.05, 4.69) is 21.0 Å². The van der Waals surface area contributed by atoms with Crippen molar-refractivity contribution in [2.24, 2.45) is 7.05 Å². The zero-order chi connectivity index (χ0) is 12.6. The summed E-state index contributed by atoms with van der Waals surface area (Å²) in [5, 5.41) is 4.26. The molecule has 0 amide bonds. The molecule has 0 radical (unpaired) electrons. The van der Waals surface area contributed by atoms with Crippen LogP contribution < -0.4 is 0 Å². The Hall–Kier alpha value is -0.650. The number of halogens is 2. The first-order valence-corrected chi connectivity index (χ1v) is 6.94. The summed E-state index contributed by atoms with van der Waals surface area (Å²) in [6.07, 6.45) is 0.328. The number of carbonyl (C=O) groups is 1. The molecule has 6 heteroatoms. The van der Waals surface area contributed by atoms with Gasteiger partial charge in [-0.3, -0.25) is 9.48 Å². The van der Waals surface area contributed by atoms with E-state index in [-0.39, 0.29) is 5.78 Å². The molecular weight excluding hydrogens is 324 g/mol. The van der Waals surface area contributed by atoms with Crippen molar-refractivity contribution in [1.82, 2.24) is 9.78 Å². The van der Waals surface area contributed by atoms with Crippen molar-refractivity contribution < 1.29 is 4.79 Å². The summed E-state index contributed by atoms with van der Waals surface area (Å²) < 4.78 is 3.26.